The Bertz CT molecular complexity index is 954. The summed E-state index contributed by atoms with van der Waals surface area (Å²) in [6.45, 7) is 4.62. The van der Waals surface area contributed by atoms with Crippen LogP contribution < -0.4 is 0 Å². The lowest BCUT2D eigenvalue weighted by atomic mass is 9.77. The lowest BCUT2D eigenvalue weighted by molar-refractivity contribution is 0.302. The molecule has 4 rings (SSSR count). The van der Waals surface area contributed by atoms with Crippen molar-refractivity contribution in [3.8, 4) is 11.1 Å². The highest BCUT2D eigenvalue weighted by molar-refractivity contribution is 5.71. The van der Waals surface area contributed by atoms with Gasteiger partial charge in [0.1, 0.15) is 0 Å². The molecule has 0 N–H and O–H groups in total. The first-order valence-corrected chi connectivity index (χ1v) is 17.7. The van der Waals surface area contributed by atoms with Crippen molar-refractivity contribution in [2.24, 2.45) is 11.8 Å². The third-order valence-electron chi connectivity index (χ3n) is 10.3. The minimum Gasteiger partial charge on any atom is -0.0804 e. The molecule has 1 unspecified atom stereocenters. The average molecular weight is 541 g/mol. The van der Waals surface area contributed by atoms with Crippen LogP contribution in [0.15, 0.2) is 54.6 Å². The average Bonchev–Trinajstić information content (AvgIpc) is 3.01. The highest BCUT2D eigenvalue weighted by Crippen LogP contribution is 2.39. The number of hydrogen-bond acceptors (Lipinski definition) is 0. The largest absolute Gasteiger partial charge is 0.0804 e. The van der Waals surface area contributed by atoms with Gasteiger partial charge in [-0.15, -0.1) is 0 Å². The Morgan fingerprint density at radius 1 is 0.500 bits per heavy atom. The zero-order valence-electron chi connectivity index (χ0n) is 26.3. The predicted octanol–water partition coefficient (Wildman–Crippen LogP) is 13.3. The summed E-state index contributed by atoms with van der Waals surface area (Å²) in [6, 6.07) is 19.0. The van der Waals surface area contributed by atoms with E-state index in [-0.39, 0.29) is 0 Å². The topological polar surface area (TPSA) is 0 Å². The number of allylic oxidation sites excluding steroid dienone is 2. The van der Waals surface area contributed by atoms with Crippen LogP contribution in [0, 0.1) is 11.8 Å². The van der Waals surface area contributed by atoms with Gasteiger partial charge in [0.05, 0.1) is 0 Å². The molecule has 2 aromatic carbocycles. The first-order chi connectivity index (χ1) is 19.8. The van der Waals surface area contributed by atoms with Gasteiger partial charge in [0.15, 0.2) is 0 Å². The van der Waals surface area contributed by atoms with E-state index in [0.717, 1.165) is 17.8 Å². The number of hydrogen-bond donors (Lipinski definition) is 0. The summed E-state index contributed by atoms with van der Waals surface area (Å²) in [4.78, 5) is 0. The Morgan fingerprint density at radius 2 is 1.00 bits per heavy atom. The van der Waals surface area contributed by atoms with Gasteiger partial charge < -0.3 is 0 Å². The molecule has 0 heteroatoms. The Morgan fingerprint density at radius 3 is 1.57 bits per heavy atom. The Labute approximate surface area is 248 Å². The van der Waals surface area contributed by atoms with Crippen LogP contribution in [0.25, 0.3) is 16.7 Å². The minimum atomic E-state index is 0.779. The van der Waals surface area contributed by atoms with Gasteiger partial charge in [0, 0.05) is 0 Å². The van der Waals surface area contributed by atoms with E-state index < -0.39 is 0 Å². The fourth-order valence-electron chi connectivity index (χ4n) is 7.45. The third kappa shape index (κ3) is 10.2. The molecule has 0 saturated heterocycles. The first kappa shape index (κ1) is 31.1. The molecule has 0 nitrogen and oxygen atoms in total. The van der Waals surface area contributed by atoms with E-state index in [9.17, 15) is 0 Å². The molecule has 0 aliphatic heterocycles. The Hall–Kier alpha value is -1.82. The van der Waals surface area contributed by atoms with Gasteiger partial charge in [-0.2, -0.15) is 0 Å². The van der Waals surface area contributed by atoms with E-state index >= 15 is 0 Å². The van der Waals surface area contributed by atoms with Gasteiger partial charge in [-0.05, 0) is 90.5 Å². The zero-order valence-corrected chi connectivity index (χ0v) is 26.3. The lowest BCUT2D eigenvalue weighted by Gasteiger charge is -2.29. The van der Waals surface area contributed by atoms with Crippen molar-refractivity contribution in [3.63, 3.8) is 0 Å². The van der Waals surface area contributed by atoms with Crippen LogP contribution in [0.1, 0.15) is 166 Å². The summed E-state index contributed by atoms with van der Waals surface area (Å²) < 4.78 is 0. The van der Waals surface area contributed by atoms with E-state index in [0.29, 0.717) is 0 Å². The van der Waals surface area contributed by atoms with Gasteiger partial charge in [0.2, 0.25) is 0 Å². The van der Waals surface area contributed by atoms with Crippen molar-refractivity contribution in [3.05, 3.63) is 65.7 Å². The molecule has 2 aliphatic rings. The van der Waals surface area contributed by atoms with Crippen LogP contribution in [-0.2, 0) is 0 Å². The van der Waals surface area contributed by atoms with Crippen molar-refractivity contribution in [1.29, 1.82) is 0 Å². The van der Waals surface area contributed by atoms with Crippen molar-refractivity contribution in [1.82, 2.24) is 0 Å². The molecule has 40 heavy (non-hydrogen) atoms. The maximum atomic E-state index is 2.56. The second-order valence-electron chi connectivity index (χ2n) is 13.4. The molecule has 0 amide bonds. The van der Waals surface area contributed by atoms with Crippen LogP contribution in [0.5, 0.6) is 0 Å². The Kier molecular flexibility index (Phi) is 13.9. The van der Waals surface area contributed by atoms with Gasteiger partial charge in [-0.1, -0.05) is 158 Å². The van der Waals surface area contributed by atoms with Crippen LogP contribution in [0.4, 0.5) is 0 Å². The summed E-state index contributed by atoms with van der Waals surface area (Å²) in [6.07, 6.45) is 32.2. The SMILES string of the molecule is CCCCCCCCCCC1CC=C(c2ccc(-c3ccc(C4CCC(CCCCCC)CC4)cc3)cc2)CC1. The molecule has 0 bridgehead atoms. The van der Waals surface area contributed by atoms with Crippen LogP contribution in [-0.4, -0.2) is 0 Å². The van der Waals surface area contributed by atoms with E-state index in [4.69, 9.17) is 0 Å². The van der Waals surface area contributed by atoms with Crippen molar-refractivity contribution in [2.45, 2.75) is 155 Å². The van der Waals surface area contributed by atoms with Crippen LogP contribution in [0.3, 0.4) is 0 Å². The van der Waals surface area contributed by atoms with E-state index in [1.54, 1.807) is 11.1 Å². The standard InChI is InChI=1S/C40H60/c1-3-5-7-9-10-11-12-14-16-34-19-23-36(24-20-34)38-27-31-40(32-28-38)39-29-25-37(26-30-39)35-21-17-33(18-22-35)15-13-8-6-4-2/h23,25-35H,3-22,24H2,1-2H3. The highest BCUT2D eigenvalue weighted by Gasteiger charge is 2.22. The van der Waals surface area contributed by atoms with Gasteiger partial charge in [-0.25, -0.2) is 0 Å². The van der Waals surface area contributed by atoms with Crippen molar-refractivity contribution in [2.75, 3.05) is 0 Å². The molecule has 1 saturated carbocycles. The second-order valence-corrected chi connectivity index (χ2v) is 13.4. The van der Waals surface area contributed by atoms with Crippen LogP contribution >= 0.6 is 0 Å². The van der Waals surface area contributed by atoms with Gasteiger partial charge in [-0.3, -0.25) is 0 Å². The van der Waals surface area contributed by atoms with E-state index in [1.165, 1.54) is 152 Å². The summed E-state index contributed by atoms with van der Waals surface area (Å²) in [5, 5.41) is 0. The van der Waals surface area contributed by atoms with Crippen molar-refractivity contribution >= 4 is 5.57 Å². The summed E-state index contributed by atoms with van der Waals surface area (Å²) in [7, 11) is 0. The molecule has 0 heterocycles. The van der Waals surface area contributed by atoms with Crippen molar-refractivity contribution < 1.29 is 0 Å². The fourth-order valence-corrected chi connectivity index (χ4v) is 7.45. The van der Waals surface area contributed by atoms with E-state index in [2.05, 4.69) is 68.5 Å². The molecule has 220 valence electrons. The summed E-state index contributed by atoms with van der Waals surface area (Å²) in [5.41, 5.74) is 7.31. The molecule has 0 aromatic heterocycles. The third-order valence-corrected chi connectivity index (χ3v) is 10.3. The summed E-state index contributed by atoms with van der Waals surface area (Å²) in [5.74, 6) is 2.69. The molecule has 0 spiro atoms. The first-order valence-electron chi connectivity index (χ1n) is 17.7. The smallest absolute Gasteiger partial charge is 0.0162 e. The summed E-state index contributed by atoms with van der Waals surface area (Å²) >= 11 is 0. The molecule has 2 aliphatic carbocycles. The lowest BCUT2D eigenvalue weighted by Crippen LogP contribution is -2.13. The molecule has 0 radical (unpaired) electrons. The van der Waals surface area contributed by atoms with E-state index in [1.807, 2.05) is 0 Å². The van der Waals surface area contributed by atoms with Gasteiger partial charge >= 0.3 is 0 Å². The number of unbranched alkanes of at least 4 members (excludes halogenated alkanes) is 10. The second kappa shape index (κ2) is 17.9. The normalized spacial score (nSPS) is 21.4. The number of benzene rings is 2. The molecular formula is C40H60. The monoisotopic (exact) mass is 540 g/mol. The molecule has 2 aromatic rings. The maximum absolute atomic E-state index is 2.56. The zero-order chi connectivity index (χ0) is 27.8. The fraction of sp³-hybridized carbons (Fsp3) is 0.650. The minimum absolute atomic E-state index is 0.779. The maximum Gasteiger partial charge on any atom is -0.0162 e. The Balaban J connectivity index is 1.17. The quantitative estimate of drug-likeness (QED) is 0.175. The predicted molar refractivity (Wildman–Crippen MR) is 178 cm³/mol. The molecule has 1 fully saturated rings. The molecule has 1 atom stereocenters. The number of rotatable bonds is 17. The van der Waals surface area contributed by atoms with Gasteiger partial charge in [0.25, 0.3) is 0 Å². The van der Waals surface area contributed by atoms with Crippen LogP contribution in [0.2, 0.25) is 0 Å². The highest BCUT2D eigenvalue weighted by atomic mass is 14.3. The molecular weight excluding hydrogens is 480 g/mol.